The second-order valence-electron chi connectivity index (χ2n) is 14.0. The lowest BCUT2D eigenvalue weighted by Gasteiger charge is -2.46. The first kappa shape index (κ1) is 35.3. The number of nitrogens with zero attached hydrogens (tertiary/aromatic N) is 3. The lowest BCUT2D eigenvalue weighted by molar-refractivity contribution is -0.295. The van der Waals surface area contributed by atoms with Gasteiger partial charge in [0.1, 0.15) is 18.1 Å². The highest BCUT2D eigenvalue weighted by Crippen LogP contribution is 2.37. The minimum absolute atomic E-state index is 0.0664. The number of ketones is 1. The van der Waals surface area contributed by atoms with E-state index in [4.69, 9.17) is 18.9 Å². The third-order valence-electron chi connectivity index (χ3n) is 10.0. The maximum atomic E-state index is 14.1. The molecule has 0 saturated carbocycles. The molecule has 3 aliphatic rings. The number of rotatable bonds is 8. The van der Waals surface area contributed by atoms with Gasteiger partial charge in [0.05, 0.1) is 17.8 Å². The van der Waals surface area contributed by atoms with Gasteiger partial charge >= 0.3 is 5.97 Å². The first-order chi connectivity index (χ1) is 19.7. The zero-order valence-electron chi connectivity index (χ0n) is 27.8. The van der Waals surface area contributed by atoms with Crippen LogP contribution in [0.3, 0.4) is 0 Å². The van der Waals surface area contributed by atoms with E-state index in [2.05, 4.69) is 16.8 Å². The van der Waals surface area contributed by atoms with E-state index in [0.29, 0.717) is 12.8 Å². The quantitative estimate of drug-likeness (QED) is 0.332. The average Bonchev–Trinajstić information content (AvgIpc) is 3.46. The van der Waals surface area contributed by atoms with Crippen molar-refractivity contribution in [2.75, 3.05) is 61.0 Å². The number of methoxy groups -OCH3 is 1. The molecule has 0 aromatic heterocycles. The fraction of sp³-hybridized carbons (Fsp3) is 0.938. The molecule has 3 rings (SSSR count). The number of carbonyl (C=O) groups is 2. The van der Waals surface area contributed by atoms with Crippen molar-refractivity contribution < 1.29 is 33.6 Å². The molecule has 244 valence electrons. The van der Waals surface area contributed by atoms with Gasteiger partial charge in [-0.1, -0.05) is 6.92 Å². The van der Waals surface area contributed by atoms with Gasteiger partial charge in [0.15, 0.2) is 12.1 Å². The van der Waals surface area contributed by atoms with Gasteiger partial charge < -0.3 is 38.8 Å². The Balaban J connectivity index is 1.85. The highest BCUT2D eigenvalue weighted by atomic mass is 16.7. The molecule has 3 saturated heterocycles. The number of carbonyl (C=O) groups excluding carboxylic acids is 2. The number of ether oxygens (including phenoxy) is 4. The molecule has 0 radical (unpaired) electrons. The molecule has 0 aromatic carbocycles. The number of cyclic esters (lactones) is 1. The fourth-order valence-corrected chi connectivity index (χ4v) is 6.96. The Hall–Kier alpha value is -1.14. The van der Waals surface area contributed by atoms with Crippen LogP contribution in [0, 0.1) is 11.3 Å². The molecule has 1 unspecified atom stereocenters. The molecule has 1 N–H and O–H groups in total. The average molecular weight is 598 g/mol. The van der Waals surface area contributed by atoms with E-state index in [-0.39, 0.29) is 30.6 Å². The summed E-state index contributed by atoms with van der Waals surface area (Å²) >= 11 is 0. The maximum Gasteiger partial charge on any atom is 0.319 e. The van der Waals surface area contributed by atoms with Crippen molar-refractivity contribution in [3.8, 4) is 0 Å². The van der Waals surface area contributed by atoms with Crippen LogP contribution in [0.5, 0.6) is 0 Å². The van der Waals surface area contributed by atoms with Crippen molar-refractivity contribution in [1.29, 1.82) is 0 Å². The van der Waals surface area contributed by atoms with Gasteiger partial charge in [-0.25, -0.2) is 0 Å². The molecule has 42 heavy (non-hydrogen) atoms. The summed E-state index contributed by atoms with van der Waals surface area (Å²) in [6.07, 6.45) is 3.83. The molecule has 10 nitrogen and oxygen atoms in total. The summed E-state index contributed by atoms with van der Waals surface area (Å²) < 4.78 is 24.7. The number of likely N-dealkylation sites (tertiary alicyclic amines) is 1. The third-order valence-corrected chi connectivity index (χ3v) is 10.0. The number of aliphatic hydroxyl groups is 1. The maximum absolute atomic E-state index is 14.1. The molecule has 0 bridgehead atoms. The summed E-state index contributed by atoms with van der Waals surface area (Å²) in [5.74, 6) is -1.52. The van der Waals surface area contributed by atoms with Crippen LogP contribution < -0.4 is 0 Å². The topological polar surface area (TPSA) is 101 Å². The molecule has 3 heterocycles. The van der Waals surface area contributed by atoms with Gasteiger partial charge in [0, 0.05) is 25.1 Å². The Kier molecular flexibility index (Phi) is 12.8. The highest BCUT2D eigenvalue weighted by Gasteiger charge is 2.51. The first-order valence-electron chi connectivity index (χ1n) is 16.1. The van der Waals surface area contributed by atoms with Gasteiger partial charge in [0.2, 0.25) is 0 Å². The highest BCUT2D eigenvalue weighted by molar-refractivity contribution is 6.04. The third kappa shape index (κ3) is 8.52. The summed E-state index contributed by atoms with van der Waals surface area (Å²) in [5, 5.41) is 11.2. The first-order valence-corrected chi connectivity index (χ1v) is 16.1. The SMILES string of the molecule is CO[C@]1(C)CCCN(C)[C@H](CCCN2CCCC2)COC(=O)C(C)(C)C(=O)[C@H](C)[C@H]1OC1O[C@H](C)C[C@H](N(C)C)[C@H]1O. The normalized spacial score (nSPS) is 38.1. The number of Topliss-reactive ketones (excluding diaryl/α,β-unsaturated/α-hetero) is 1. The Labute approximate surface area is 254 Å². The largest absolute Gasteiger partial charge is 0.463 e. The van der Waals surface area contributed by atoms with E-state index in [0.717, 1.165) is 32.4 Å². The summed E-state index contributed by atoms with van der Waals surface area (Å²) in [4.78, 5) is 34.3. The number of aliphatic hydroxyl groups excluding tert-OH is 1. The van der Waals surface area contributed by atoms with Crippen LogP contribution in [0.15, 0.2) is 0 Å². The lowest BCUT2D eigenvalue weighted by atomic mass is 9.75. The molecule has 0 aromatic rings. The van der Waals surface area contributed by atoms with E-state index in [1.54, 1.807) is 27.9 Å². The Morgan fingerprint density at radius 2 is 1.74 bits per heavy atom. The number of esters is 1. The molecule has 3 aliphatic heterocycles. The fourth-order valence-electron chi connectivity index (χ4n) is 6.96. The molecule has 0 amide bonds. The molecule has 3 fully saturated rings. The zero-order chi connectivity index (χ0) is 31.2. The van der Waals surface area contributed by atoms with Crippen molar-refractivity contribution in [1.82, 2.24) is 14.7 Å². The second kappa shape index (κ2) is 15.2. The zero-order valence-corrected chi connectivity index (χ0v) is 27.8. The van der Waals surface area contributed by atoms with E-state index >= 15 is 0 Å². The van der Waals surface area contributed by atoms with E-state index < -0.39 is 41.4 Å². The van der Waals surface area contributed by atoms with Crippen molar-refractivity contribution in [2.45, 2.75) is 122 Å². The summed E-state index contributed by atoms with van der Waals surface area (Å²) in [7, 11) is 7.58. The molecule has 10 heteroatoms. The van der Waals surface area contributed by atoms with E-state index in [1.165, 1.54) is 25.9 Å². The molecule has 0 spiro atoms. The standard InChI is InChI=1S/C32H59N3O7/c1-22-20-25(33(6)7)26(36)29(41-22)42-28-23(2)27(37)31(3,4)30(38)40-21-24(14-12-19-35-17-10-11-18-35)34(8)16-13-15-32(28,5)39-9/h22-26,28-29,36H,10-21H2,1-9H3/t22-,23+,24-,25+,26-,28-,29?,32-/m1/s1. The smallest absolute Gasteiger partial charge is 0.319 e. The van der Waals surface area contributed by atoms with E-state index in [1.807, 2.05) is 32.8 Å². The number of hydrogen-bond acceptors (Lipinski definition) is 10. The predicted octanol–water partition coefficient (Wildman–Crippen LogP) is 2.95. The molecular formula is C32H59N3O7. The van der Waals surface area contributed by atoms with Crippen LogP contribution in [-0.4, -0.2) is 135 Å². The van der Waals surface area contributed by atoms with Crippen LogP contribution in [0.25, 0.3) is 0 Å². The second-order valence-corrected chi connectivity index (χ2v) is 14.0. The van der Waals surface area contributed by atoms with Crippen molar-refractivity contribution in [3.63, 3.8) is 0 Å². The Bertz CT molecular complexity index is 880. The van der Waals surface area contributed by atoms with Crippen molar-refractivity contribution >= 4 is 11.8 Å². The molecule has 8 atom stereocenters. The monoisotopic (exact) mass is 597 g/mol. The van der Waals surface area contributed by atoms with Gasteiger partial charge in [0.25, 0.3) is 0 Å². The van der Waals surface area contributed by atoms with Crippen LogP contribution >= 0.6 is 0 Å². The van der Waals surface area contributed by atoms with Gasteiger partial charge in [-0.15, -0.1) is 0 Å². The Morgan fingerprint density at radius 1 is 1.07 bits per heavy atom. The van der Waals surface area contributed by atoms with Gasteiger partial charge in [-0.3, -0.25) is 9.59 Å². The van der Waals surface area contributed by atoms with Crippen LogP contribution in [0.1, 0.15) is 79.6 Å². The minimum atomic E-state index is -1.38. The van der Waals surface area contributed by atoms with Crippen LogP contribution in [-0.2, 0) is 28.5 Å². The van der Waals surface area contributed by atoms with Crippen LogP contribution in [0.4, 0.5) is 0 Å². The summed E-state index contributed by atoms with van der Waals surface area (Å²) in [5.41, 5.74) is -2.25. The van der Waals surface area contributed by atoms with Gasteiger partial charge in [-0.05, 0) is 120 Å². The summed E-state index contributed by atoms with van der Waals surface area (Å²) in [6, 6.07) is -0.0903. The lowest BCUT2D eigenvalue weighted by Crippen LogP contribution is -2.59. The van der Waals surface area contributed by atoms with Crippen LogP contribution in [0.2, 0.25) is 0 Å². The van der Waals surface area contributed by atoms with Crippen molar-refractivity contribution in [3.05, 3.63) is 0 Å². The Morgan fingerprint density at radius 3 is 2.36 bits per heavy atom. The number of likely N-dealkylation sites (N-methyl/N-ethyl adjacent to an activating group) is 2. The molecular weight excluding hydrogens is 538 g/mol. The van der Waals surface area contributed by atoms with E-state index in [9.17, 15) is 14.7 Å². The summed E-state index contributed by atoms with van der Waals surface area (Å²) in [6.45, 7) is 13.4. The predicted molar refractivity (Wildman–Crippen MR) is 162 cm³/mol. The number of hydrogen-bond donors (Lipinski definition) is 1. The minimum Gasteiger partial charge on any atom is -0.463 e. The van der Waals surface area contributed by atoms with Gasteiger partial charge in [-0.2, -0.15) is 0 Å². The van der Waals surface area contributed by atoms with Crippen molar-refractivity contribution in [2.24, 2.45) is 11.3 Å². The molecule has 0 aliphatic carbocycles.